The lowest BCUT2D eigenvalue weighted by atomic mass is 9.91. The summed E-state index contributed by atoms with van der Waals surface area (Å²) in [6, 6.07) is 4.59. The average molecular weight is 221 g/mol. The average Bonchev–Trinajstić information content (AvgIpc) is 2.15. The fraction of sp³-hybridized carbons (Fsp3) is 0.455. The molecule has 0 aromatic carbocycles. The lowest BCUT2D eigenvalue weighted by Gasteiger charge is -2.36. The largest absolute Gasteiger partial charge is 0.388 e. The first-order valence-corrected chi connectivity index (χ1v) is 5.58. The molecular weight excluding hydrogens is 206 g/mol. The third-order valence-electron chi connectivity index (χ3n) is 3.03. The van der Waals surface area contributed by atoms with Crippen LogP contribution in [0.5, 0.6) is 0 Å². The number of pyridine rings is 1. The van der Waals surface area contributed by atoms with Gasteiger partial charge >= 0.3 is 0 Å². The normalized spacial score (nSPS) is 15.8. The van der Waals surface area contributed by atoms with Crippen molar-refractivity contribution in [2.45, 2.75) is 25.3 Å². The van der Waals surface area contributed by atoms with Crippen LogP contribution in [0.1, 0.15) is 25.0 Å². The van der Waals surface area contributed by atoms with Crippen LogP contribution in [0.15, 0.2) is 18.3 Å². The van der Waals surface area contributed by atoms with Crippen LogP contribution in [0.2, 0.25) is 0 Å². The molecule has 0 saturated heterocycles. The van der Waals surface area contributed by atoms with Crippen molar-refractivity contribution in [3.8, 4) is 0 Å². The Morgan fingerprint density at radius 2 is 2.27 bits per heavy atom. The maximum absolute atomic E-state index is 5.49. The van der Waals surface area contributed by atoms with Gasteiger partial charge in [-0.2, -0.15) is 0 Å². The van der Waals surface area contributed by atoms with Gasteiger partial charge in [-0.1, -0.05) is 12.2 Å². The Morgan fingerprint density at radius 1 is 1.53 bits per heavy atom. The van der Waals surface area contributed by atoms with Gasteiger partial charge in [0.15, 0.2) is 0 Å². The van der Waals surface area contributed by atoms with Crippen LogP contribution in [0.25, 0.3) is 0 Å². The molecule has 2 N–H and O–H groups in total. The molecule has 0 aliphatic heterocycles. The predicted molar refractivity (Wildman–Crippen MR) is 66.2 cm³/mol. The van der Waals surface area contributed by atoms with E-state index in [9.17, 15) is 0 Å². The first-order valence-electron chi connectivity index (χ1n) is 5.17. The van der Waals surface area contributed by atoms with Crippen LogP contribution >= 0.6 is 12.2 Å². The van der Waals surface area contributed by atoms with Crippen molar-refractivity contribution in [1.29, 1.82) is 0 Å². The van der Waals surface area contributed by atoms with E-state index in [1.807, 2.05) is 18.3 Å². The molecule has 0 amide bonds. The van der Waals surface area contributed by atoms with E-state index in [4.69, 9.17) is 18.0 Å². The minimum atomic E-state index is 0.354. The number of thiocarbonyl (C=S) groups is 1. The molecule has 4 heteroatoms. The van der Waals surface area contributed by atoms with E-state index in [1.165, 1.54) is 19.3 Å². The zero-order valence-corrected chi connectivity index (χ0v) is 9.63. The minimum Gasteiger partial charge on any atom is -0.388 e. The zero-order chi connectivity index (χ0) is 10.8. The van der Waals surface area contributed by atoms with Crippen LogP contribution in [0.3, 0.4) is 0 Å². The highest BCUT2D eigenvalue weighted by atomic mass is 32.1. The van der Waals surface area contributed by atoms with Gasteiger partial charge in [0.05, 0.1) is 17.6 Å². The van der Waals surface area contributed by atoms with Gasteiger partial charge in [-0.3, -0.25) is 4.98 Å². The van der Waals surface area contributed by atoms with E-state index in [1.54, 1.807) is 0 Å². The third-order valence-corrected chi connectivity index (χ3v) is 3.24. The van der Waals surface area contributed by atoms with Gasteiger partial charge in [-0.25, -0.2) is 0 Å². The highest BCUT2D eigenvalue weighted by Gasteiger charge is 2.22. The SMILES string of the molecule is CN(c1ccc(C(N)=S)nc1)C1CCC1. The fourth-order valence-electron chi connectivity index (χ4n) is 1.73. The monoisotopic (exact) mass is 221 g/mol. The molecule has 1 aliphatic rings. The first-order chi connectivity index (χ1) is 7.18. The quantitative estimate of drug-likeness (QED) is 0.789. The molecular formula is C11H15N3S. The number of anilines is 1. The molecule has 80 valence electrons. The van der Waals surface area contributed by atoms with E-state index >= 15 is 0 Å². The van der Waals surface area contributed by atoms with E-state index in [0.29, 0.717) is 16.7 Å². The number of aromatic nitrogens is 1. The van der Waals surface area contributed by atoms with Crippen molar-refractivity contribution in [3.05, 3.63) is 24.0 Å². The molecule has 1 aliphatic carbocycles. The molecule has 0 bridgehead atoms. The van der Waals surface area contributed by atoms with Gasteiger partial charge < -0.3 is 10.6 Å². The lowest BCUT2D eigenvalue weighted by Crippen LogP contribution is -2.37. The van der Waals surface area contributed by atoms with Crippen molar-refractivity contribution in [2.24, 2.45) is 5.73 Å². The molecule has 1 aromatic heterocycles. The van der Waals surface area contributed by atoms with Gasteiger partial charge in [-0.05, 0) is 31.4 Å². The first kappa shape index (κ1) is 10.4. The summed E-state index contributed by atoms with van der Waals surface area (Å²) in [4.78, 5) is 6.86. The van der Waals surface area contributed by atoms with Crippen LogP contribution in [-0.4, -0.2) is 23.1 Å². The third kappa shape index (κ3) is 2.09. The molecule has 0 spiro atoms. The number of rotatable bonds is 3. The van der Waals surface area contributed by atoms with Gasteiger partial charge in [0.2, 0.25) is 0 Å². The Hall–Kier alpha value is -1.16. The highest BCUT2D eigenvalue weighted by Crippen LogP contribution is 2.27. The second kappa shape index (κ2) is 4.14. The standard InChI is InChI=1S/C11H15N3S/c1-14(8-3-2-4-8)9-5-6-10(11(12)15)13-7-9/h5-8H,2-4H2,1H3,(H2,12,15). The number of hydrogen-bond acceptors (Lipinski definition) is 3. The van der Waals surface area contributed by atoms with Crippen LogP contribution in [-0.2, 0) is 0 Å². The summed E-state index contributed by atoms with van der Waals surface area (Å²) in [5.41, 5.74) is 7.32. The topological polar surface area (TPSA) is 42.1 Å². The Balaban J connectivity index is 2.11. The summed E-state index contributed by atoms with van der Waals surface area (Å²) in [5.74, 6) is 0. The highest BCUT2D eigenvalue weighted by molar-refractivity contribution is 7.80. The summed E-state index contributed by atoms with van der Waals surface area (Å²) < 4.78 is 0. The molecule has 1 saturated carbocycles. The van der Waals surface area contributed by atoms with E-state index in [-0.39, 0.29) is 0 Å². The molecule has 1 fully saturated rings. The molecule has 0 radical (unpaired) electrons. The van der Waals surface area contributed by atoms with Crippen molar-refractivity contribution in [2.75, 3.05) is 11.9 Å². The Bertz CT molecular complexity index is 357. The summed E-state index contributed by atoms with van der Waals surface area (Å²) in [6.07, 6.45) is 5.75. The Labute approximate surface area is 95.3 Å². The van der Waals surface area contributed by atoms with Gasteiger partial charge in [0, 0.05) is 13.1 Å². The van der Waals surface area contributed by atoms with E-state index in [2.05, 4.69) is 16.9 Å². The number of hydrogen-bond donors (Lipinski definition) is 1. The van der Waals surface area contributed by atoms with Gasteiger partial charge in [-0.15, -0.1) is 0 Å². The molecule has 3 nitrogen and oxygen atoms in total. The van der Waals surface area contributed by atoms with Crippen molar-refractivity contribution < 1.29 is 0 Å². The Kier molecular flexibility index (Phi) is 2.86. The van der Waals surface area contributed by atoms with E-state index in [0.717, 1.165) is 5.69 Å². The van der Waals surface area contributed by atoms with Crippen LogP contribution in [0, 0.1) is 0 Å². The predicted octanol–water partition coefficient (Wildman–Crippen LogP) is 1.70. The van der Waals surface area contributed by atoms with Gasteiger partial charge in [0.25, 0.3) is 0 Å². The molecule has 0 atom stereocenters. The van der Waals surface area contributed by atoms with Crippen molar-refractivity contribution >= 4 is 22.9 Å². The minimum absolute atomic E-state index is 0.354. The molecule has 1 heterocycles. The zero-order valence-electron chi connectivity index (χ0n) is 8.81. The van der Waals surface area contributed by atoms with Crippen LogP contribution in [0.4, 0.5) is 5.69 Å². The molecule has 0 unspecified atom stereocenters. The van der Waals surface area contributed by atoms with Crippen molar-refractivity contribution in [3.63, 3.8) is 0 Å². The summed E-state index contributed by atoms with van der Waals surface area (Å²) in [5, 5.41) is 0. The van der Waals surface area contributed by atoms with E-state index < -0.39 is 0 Å². The number of nitrogens with zero attached hydrogens (tertiary/aromatic N) is 2. The lowest BCUT2D eigenvalue weighted by molar-refractivity contribution is 0.401. The molecule has 1 aromatic rings. The fourth-order valence-corrected chi connectivity index (χ4v) is 1.85. The number of nitrogens with two attached hydrogens (primary N) is 1. The molecule has 2 rings (SSSR count). The second-order valence-electron chi connectivity index (χ2n) is 3.96. The van der Waals surface area contributed by atoms with Gasteiger partial charge in [0.1, 0.15) is 4.99 Å². The molecule has 15 heavy (non-hydrogen) atoms. The Morgan fingerprint density at radius 3 is 2.67 bits per heavy atom. The van der Waals surface area contributed by atoms with Crippen molar-refractivity contribution in [1.82, 2.24) is 4.98 Å². The smallest absolute Gasteiger partial charge is 0.122 e. The maximum Gasteiger partial charge on any atom is 0.122 e. The summed E-state index contributed by atoms with van der Waals surface area (Å²) >= 11 is 4.86. The second-order valence-corrected chi connectivity index (χ2v) is 4.40. The van der Waals surface area contributed by atoms with Crippen LogP contribution < -0.4 is 10.6 Å². The summed E-state index contributed by atoms with van der Waals surface area (Å²) in [6.45, 7) is 0. The summed E-state index contributed by atoms with van der Waals surface area (Å²) in [7, 11) is 2.11. The maximum atomic E-state index is 5.49.